The molecule has 3 heterocycles. The van der Waals surface area contributed by atoms with Crippen LogP contribution in [0, 0.1) is 11.6 Å². The van der Waals surface area contributed by atoms with Crippen LogP contribution >= 0.6 is 11.5 Å². The van der Waals surface area contributed by atoms with Gasteiger partial charge in [-0.25, -0.2) is 13.8 Å². The van der Waals surface area contributed by atoms with Crippen LogP contribution in [0.4, 0.5) is 13.9 Å². The van der Waals surface area contributed by atoms with Gasteiger partial charge in [-0.15, -0.1) is 0 Å². The van der Waals surface area contributed by atoms with E-state index in [2.05, 4.69) is 24.1 Å². The number of benzene rings is 1. The number of piperazine rings is 1. The molecule has 2 aromatic heterocycles. The van der Waals surface area contributed by atoms with Gasteiger partial charge in [-0.05, 0) is 30.2 Å². The third-order valence-corrected chi connectivity index (χ3v) is 5.74. The summed E-state index contributed by atoms with van der Waals surface area (Å²) < 4.78 is 36.0. The van der Waals surface area contributed by atoms with Crippen LogP contribution in [0.15, 0.2) is 36.5 Å². The highest BCUT2D eigenvalue weighted by Crippen LogP contribution is 2.26. The van der Waals surface area contributed by atoms with Crippen molar-refractivity contribution in [2.24, 2.45) is 0 Å². The second-order valence-electron chi connectivity index (χ2n) is 6.82. The van der Waals surface area contributed by atoms with Crippen molar-refractivity contribution in [3.8, 4) is 17.3 Å². The predicted molar refractivity (Wildman–Crippen MR) is 108 cm³/mol. The highest BCUT2D eigenvalue weighted by Gasteiger charge is 2.20. The van der Waals surface area contributed by atoms with Gasteiger partial charge in [-0.3, -0.25) is 4.90 Å². The van der Waals surface area contributed by atoms with Gasteiger partial charge in [-0.1, -0.05) is 6.07 Å². The molecule has 0 unspecified atom stereocenters. The summed E-state index contributed by atoms with van der Waals surface area (Å²) in [6.07, 6.45) is 2.80. The summed E-state index contributed by atoms with van der Waals surface area (Å²) in [7, 11) is 1.61. The maximum absolute atomic E-state index is 13.4. The van der Waals surface area contributed by atoms with Crippen molar-refractivity contribution < 1.29 is 13.5 Å². The van der Waals surface area contributed by atoms with Gasteiger partial charge in [0.1, 0.15) is 0 Å². The smallest absolute Gasteiger partial charge is 0.212 e. The van der Waals surface area contributed by atoms with Crippen LogP contribution in [0.1, 0.15) is 5.56 Å². The Morgan fingerprint density at radius 3 is 2.59 bits per heavy atom. The standard InChI is InChI=1S/C20H21F2N5OS/c1-28-18-5-2-14(13-23-18)6-7-26-8-10-27(11-9-26)20-24-19(25-29-20)15-3-4-16(21)17(22)12-15/h2-5,12-13H,6-11H2,1H3. The Morgan fingerprint density at radius 1 is 1.07 bits per heavy atom. The lowest BCUT2D eigenvalue weighted by molar-refractivity contribution is 0.261. The van der Waals surface area contributed by atoms with E-state index in [4.69, 9.17) is 4.74 Å². The molecule has 0 atom stereocenters. The van der Waals surface area contributed by atoms with E-state index in [1.54, 1.807) is 7.11 Å². The number of nitrogens with zero attached hydrogens (tertiary/aromatic N) is 5. The van der Waals surface area contributed by atoms with Crippen LogP contribution in [0.25, 0.3) is 11.4 Å². The van der Waals surface area contributed by atoms with Crippen molar-refractivity contribution in [3.63, 3.8) is 0 Å². The SMILES string of the molecule is COc1ccc(CCN2CCN(c3nc(-c4ccc(F)c(F)c4)ns3)CC2)cn1. The largest absolute Gasteiger partial charge is 0.481 e. The summed E-state index contributed by atoms with van der Waals surface area (Å²) in [6.45, 7) is 4.55. The van der Waals surface area contributed by atoms with E-state index in [0.717, 1.165) is 56.4 Å². The monoisotopic (exact) mass is 417 g/mol. The first kappa shape index (κ1) is 19.7. The molecule has 0 aliphatic carbocycles. The van der Waals surface area contributed by atoms with Crippen molar-refractivity contribution in [2.45, 2.75) is 6.42 Å². The molecule has 0 N–H and O–H groups in total. The zero-order valence-electron chi connectivity index (χ0n) is 16.0. The zero-order chi connectivity index (χ0) is 20.2. The molecule has 1 aliphatic rings. The Kier molecular flexibility index (Phi) is 5.96. The van der Waals surface area contributed by atoms with E-state index in [1.165, 1.54) is 23.2 Å². The number of ether oxygens (including phenoxy) is 1. The van der Waals surface area contributed by atoms with Gasteiger partial charge in [0.05, 0.1) is 7.11 Å². The van der Waals surface area contributed by atoms with Gasteiger partial charge < -0.3 is 9.64 Å². The molecule has 0 amide bonds. The number of hydrogen-bond acceptors (Lipinski definition) is 7. The maximum Gasteiger partial charge on any atom is 0.212 e. The molecule has 29 heavy (non-hydrogen) atoms. The highest BCUT2D eigenvalue weighted by molar-refractivity contribution is 7.09. The molecular formula is C20H21F2N5OS. The molecule has 152 valence electrons. The summed E-state index contributed by atoms with van der Waals surface area (Å²) in [6, 6.07) is 7.66. The Morgan fingerprint density at radius 2 is 1.90 bits per heavy atom. The first-order valence-corrected chi connectivity index (χ1v) is 10.1. The Balaban J connectivity index is 1.30. The zero-order valence-corrected chi connectivity index (χ0v) is 16.8. The molecular weight excluding hydrogens is 396 g/mol. The van der Waals surface area contributed by atoms with Crippen molar-refractivity contribution >= 4 is 16.7 Å². The summed E-state index contributed by atoms with van der Waals surface area (Å²) >= 11 is 1.29. The van der Waals surface area contributed by atoms with E-state index >= 15 is 0 Å². The predicted octanol–water partition coefficient (Wildman–Crippen LogP) is 3.25. The third kappa shape index (κ3) is 4.68. The van der Waals surface area contributed by atoms with E-state index in [9.17, 15) is 8.78 Å². The van der Waals surface area contributed by atoms with Crippen LogP contribution in [0.5, 0.6) is 5.88 Å². The normalized spacial score (nSPS) is 14.9. The number of halogens is 2. The molecule has 0 saturated carbocycles. The van der Waals surface area contributed by atoms with Crippen LogP contribution < -0.4 is 9.64 Å². The molecule has 6 nitrogen and oxygen atoms in total. The van der Waals surface area contributed by atoms with Crippen molar-refractivity contribution in [3.05, 3.63) is 53.7 Å². The van der Waals surface area contributed by atoms with Gasteiger partial charge in [0.15, 0.2) is 17.5 Å². The molecule has 1 saturated heterocycles. The number of pyridine rings is 1. The second kappa shape index (κ2) is 8.79. The maximum atomic E-state index is 13.4. The second-order valence-corrected chi connectivity index (χ2v) is 7.55. The van der Waals surface area contributed by atoms with Crippen molar-refractivity contribution in [2.75, 3.05) is 44.7 Å². The quantitative estimate of drug-likeness (QED) is 0.614. The summed E-state index contributed by atoms with van der Waals surface area (Å²) in [5.41, 5.74) is 1.67. The van der Waals surface area contributed by atoms with Crippen LogP contribution in [0.3, 0.4) is 0 Å². The molecule has 1 aliphatic heterocycles. The number of aromatic nitrogens is 3. The molecule has 9 heteroatoms. The molecule has 0 bridgehead atoms. The van der Waals surface area contributed by atoms with Crippen LogP contribution in [-0.2, 0) is 6.42 Å². The summed E-state index contributed by atoms with van der Waals surface area (Å²) in [5.74, 6) is -0.703. The average Bonchev–Trinajstić information content (AvgIpc) is 3.25. The fourth-order valence-electron chi connectivity index (χ4n) is 3.23. The summed E-state index contributed by atoms with van der Waals surface area (Å²) in [5, 5.41) is 0.809. The first-order valence-electron chi connectivity index (χ1n) is 9.38. The number of methoxy groups -OCH3 is 1. The molecule has 0 spiro atoms. The molecule has 1 fully saturated rings. The van der Waals surface area contributed by atoms with E-state index in [-0.39, 0.29) is 0 Å². The topological polar surface area (TPSA) is 54.4 Å². The Bertz CT molecular complexity index is 958. The van der Waals surface area contributed by atoms with E-state index in [0.29, 0.717) is 17.3 Å². The first-order chi connectivity index (χ1) is 14.1. The van der Waals surface area contributed by atoms with Crippen molar-refractivity contribution in [1.82, 2.24) is 19.2 Å². The minimum absolute atomic E-state index is 0.429. The fourth-order valence-corrected chi connectivity index (χ4v) is 3.97. The van der Waals surface area contributed by atoms with Gasteiger partial charge >= 0.3 is 0 Å². The van der Waals surface area contributed by atoms with Crippen molar-refractivity contribution in [1.29, 1.82) is 0 Å². The van der Waals surface area contributed by atoms with Gasteiger partial charge in [0, 0.05) is 62.1 Å². The number of rotatable bonds is 6. The number of anilines is 1. The molecule has 0 radical (unpaired) electrons. The van der Waals surface area contributed by atoms with Gasteiger partial charge in [0.2, 0.25) is 11.0 Å². The van der Waals surface area contributed by atoms with Gasteiger partial charge in [0.25, 0.3) is 0 Å². The molecule has 3 aromatic rings. The Hall–Kier alpha value is -2.65. The molecule has 1 aromatic carbocycles. The van der Waals surface area contributed by atoms with E-state index in [1.807, 2.05) is 18.3 Å². The lowest BCUT2D eigenvalue weighted by Gasteiger charge is -2.34. The molecule has 4 rings (SSSR count). The van der Waals surface area contributed by atoms with E-state index < -0.39 is 11.6 Å². The Labute approximate surface area is 171 Å². The minimum Gasteiger partial charge on any atom is -0.481 e. The highest BCUT2D eigenvalue weighted by atomic mass is 32.1. The lowest BCUT2D eigenvalue weighted by Crippen LogP contribution is -2.47. The number of hydrogen-bond donors (Lipinski definition) is 0. The fraction of sp³-hybridized carbons (Fsp3) is 0.350. The minimum atomic E-state index is -0.889. The van der Waals surface area contributed by atoms with Crippen LogP contribution in [0.2, 0.25) is 0 Å². The third-order valence-electron chi connectivity index (χ3n) is 4.96. The average molecular weight is 417 g/mol. The van der Waals surface area contributed by atoms with Crippen LogP contribution in [-0.4, -0.2) is 59.1 Å². The van der Waals surface area contributed by atoms with Gasteiger partial charge in [-0.2, -0.15) is 9.36 Å². The lowest BCUT2D eigenvalue weighted by atomic mass is 10.2. The summed E-state index contributed by atoms with van der Waals surface area (Å²) in [4.78, 5) is 13.4.